The van der Waals surface area contributed by atoms with Gasteiger partial charge in [0.25, 0.3) is 0 Å². The van der Waals surface area contributed by atoms with Gasteiger partial charge in [-0.1, -0.05) is 42.0 Å². The predicted molar refractivity (Wildman–Crippen MR) is 74.9 cm³/mol. The number of carbonyl (C=O) groups is 1. The van der Waals surface area contributed by atoms with Gasteiger partial charge in [-0.25, -0.2) is 0 Å². The van der Waals surface area contributed by atoms with Gasteiger partial charge in [0.05, 0.1) is 5.92 Å². The van der Waals surface area contributed by atoms with E-state index in [1.807, 2.05) is 31.2 Å². The lowest BCUT2D eigenvalue weighted by Gasteiger charge is -2.14. The summed E-state index contributed by atoms with van der Waals surface area (Å²) in [7, 11) is 0. The molecule has 0 fully saturated rings. The number of phenols is 1. The molecule has 0 saturated carbocycles. The Hall–Kier alpha value is -2.29. The average molecular weight is 255 g/mol. The van der Waals surface area contributed by atoms with Gasteiger partial charge in [0.2, 0.25) is 5.91 Å². The van der Waals surface area contributed by atoms with Crippen LogP contribution in [-0.4, -0.2) is 11.0 Å². The van der Waals surface area contributed by atoms with E-state index in [2.05, 4.69) is 0 Å². The van der Waals surface area contributed by atoms with E-state index in [0.29, 0.717) is 6.42 Å². The maximum absolute atomic E-state index is 11.6. The van der Waals surface area contributed by atoms with Crippen molar-refractivity contribution in [1.82, 2.24) is 0 Å². The summed E-state index contributed by atoms with van der Waals surface area (Å²) in [5, 5.41) is 9.26. The van der Waals surface area contributed by atoms with Gasteiger partial charge >= 0.3 is 0 Å². The number of aryl methyl sites for hydroxylation is 1. The van der Waals surface area contributed by atoms with Crippen LogP contribution in [0.5, 0.6) is 5.75 Å². The van der Waals surface area contributed by atoms with E-state index in [0.717, 1.165) is 16.7 Å². The van der Waals surface area contributed by atoms with E-state index < -0.39 is 0 Å². The molecule has 0 aliphatic heterocycles. The minimum Gasteiger partial charge on any atom is -0.508 e. The Morgan fingerprint density at radius 3 is 2.21 bits per heavy atom. The van der Waals surface area contributed by atoms with Gasteiger partial charge in [-0.15, -0.1) is 0 Å². The molecule has 3 heteroatoms. The molecule has 0 bridgehead atoms. The maximum Gasteiger partial charge on any atom is 0.225 e. The first-order chi connectivity index (χ1) is 9.06. The third kappa shape index (κ3) is 3.35. The van der Waals surface area contributed by atoms with Crippen LogP contribution >= 0.6 is 0 Å². The van der Waals surface area contributed by atoms with E-state index in [9.17, 15) is 9.90 Å². The number of rotatable bonds is 4. The van der Waals surface area contributed by atoms with Crippen LogP contribution in [-0.2, 0) is 11.2 Å². The number of amides is 1. The van der Waals surface area contributed by atoms with Crippen molar-refractivity contribution in [1.29, 1.82) is 0 Å². The van der Waals surface area contributed by atoms with Crippen molar-refractivity contribution in [3.63, 3.8) is 0 Å². The van der Waals surface area contributed by atoms with Crippen LogP contribution in [0.15, 0.2) is 48.5 Å². The van der Waals surface area contributed by atoms with Crippen LogP contribution < -0.4 is 5.73 Å². The van der Waals surface area contributed by atoms with Gasteiger partial charge < -0.3 is 10.8 Å². The van der Waals surface area contributed by atoms with E-state index >= 15 is 0 Å². The minimum absolute atomic E-state index is 0.217. The molecular formula is C16H17NO2. The second-order valence-electron chi connectivity index (χ2n) is 4.74. The standard InChI is InChI=1S/C16H17NO2/c1-11-2-6-13(7-3-11)15(16(17)19)10-12-4-8-14(18)9-5-12/h2-9,15,18H,10H2,1H3,(H2,17,19). The van der Waals surface area contributed by atoms with Crippen LogP contribution in [0.3, 0.4) is 0 Å². The Bertz CT molecular complexity index is 558. The first-order valence-corrected chi connectivity index (χ1v) is 6.20. The van der Waals surface area contributed by atoms with Gasteiger partial charge in [-0.3, -0.25) is 4.79 Å². The maximum atomic E-state index is 11.6. The highest BCUT2D eigenvalue weighted by molar-refractivity contribution is 5.82. The van der Waals surface area contributed by atoms with Gasteiger partial charge in [0, 0.05) is 0 Å². The van der Waals surface area contributed by atoms with Gasteiger partial charge in [-0.2, -0.15) is 0 Å². The molecule has 2 aromatic carbocycles. The lowest BCUT2D eigenvalue weighted by molar-refractivity contribution is -0.119. The highest BCUT2D eigenvalue weighted by Gasteiger charge is 2.18. The van der Waals surface area contributed by atoms with Crippen LogP contribution in [0.4, 0.5) is 0 Å². The molecule has 0 aliphatic rings. The van der Waals surface area contributed by atoms with E-state index in [4.69, 9.17) is 5.73 Å². The Balaban J connectivity index is 2.23. The number of primary amides is 1. The van der Waals surface area contributed by atoms with Crippen molar-refractivity contribution in [2.75, 3.05) is 0 Å². The summed E-state index contributed by atoms with van der Waals surface area (Å²) < 4.78 is 0. The van der Waals surface area contributed by atoms with E-state index in [1.165, 1.54) is 0 Å². The number of hydrogen-bond donors (Lipinski definition) is 2. The summed E-state index contributed by atoms with van der Waals surface area (Å²) >= 11 is 0. The Morgan fingerprint density at radius 2 is 1.68 bits per heavy atom. The topological polar surface area (TPSA) is 63.3 Å². The quantitative estimate of drug-likeness (QED) is 0.881. The number of phenolic OH excluding ortho intramolecular Hbond substituents is 1. The zero-order chi connectivity index (χ0) is 13.8. The Labute approximate surface area is 112 Å². The summed E-state index contributed by atoms with van der Waals surface area (Å²) in [4.78, 5) is 11.6. The first-order valence-electron chi connectivity index (χ1n) is 6.20. The Kier molecular flexibility index (Phi) is 3.85. The van der Waals surface area contributed by atoms with Crippen LogP contribution in [0.25, 0.3) is 0 Å². The second kappa shape index (κ2) is 5.57. The van der Waals surface area contributed by atoms with Crippen molar-refractivity contribution in [2.24, 2.45) is 5.73 Å². The second-order valence-corrected chi connectivity index (χ2v) is 4.74. The molecule has 2 rings (SSSR count). The van der Waals surface area contributed by atoms with Crippen LogP contribution in [0.1, 0.15) is 22.6 Å². The molecular weight excluding hydrogens is 238 g/mol. The Morgan fingerprint density at radius 1 is 1.11 bits per heavy atom. The predicted octanol–water partition coefficient (Wildman–Crippen LogP) is 2.51. The van der Waals surface area contributed by atoms with Crippen molar-refractivity contribution in [2.45, 2.75) is 19.3 Å². The fourth-order valence-electron chi connectivity index (χ4n) is 2.05. The molecule has 1 atom stereocenters. The van der Waals surface area contributed by atoms with Crippen molar-refractivity contribution in [3.8, 4) is 5.75 Å². The monoisotopic (exact) mass is 255 g/mol. The lowest BCUT2D eigenvalue weighted by Crippen LogP contribution is -2.23. The fraction of sp³-hybridized carbons (Fsp3) is 0.188. The van der Waals surface area contributed by atoms with Crippen LogP contribution in [0, 0.1) is 6.92 Å². The number of benzene rings is 2. The third-order valence-electron chi connectivity index (χ3n) is 3.20. The molecule has 3 nitrogen and oxygen atoms in total. The molecule has 0 radical (unpaired) electrons. The summed E-state index contributed by atoms with van der Waals surface area (Å²) in [6.07, 6.45) is 0.540. The zero-order valence-electron chi connectivity index (χ0n) is 10.8. The largest absolute Gasteiger partial charge is 0.508 e. The van der Waals surface area contributed by atoms with E-state index in [-0.39, 0.29) is 17.6 Å². The fourth-order valence-corrected chi connectivity index (χ4v) is 2.05. The molecule has 1 amide bonds. The summed E-state index contributed by atoms with van der Waals surface area (Å²) in [5.41, 5.74) is 8.54. The molecule has 98 valence electrons. The highest BCUT2D eigenvalue weighted by Crippen LogP contribution is 2.22. The minimum atomic E-state index is -0.342. The SMILES string of the molecule is Cc1ccc(C(Cc2ccc(O)cc2)C(N)=O)cc1. The molecule has 0 aliphatic carbocycles. The number of carbonyl (C=O) groups excluding carboxylic acids is 1. The third-order valence-corrected chi connectivity index (χ3v) is 3.20. The molecule has 1 unspecified atom stereocenters. The van der Waals surface area contributed by atoms with E-state index in [1.54, 1.807) is 24.3 Å². The van der Waals surface area contributed by atoms with Gasteiger partial charge in [0.15, 0.2) is 0 Å². The van der Waals surface area contributed by atoms with Gasteiger partial charge in [0.1, 0.15) is 5.75 Å². The first kappa shape index (κ1) is 13.1. The molecule has 0 saturated heterocycles. The molecule has 0 heterocycles. The number of aromatic hydroxyl groups is 1. The summed E-state index contributed by atoms with van der Waals surface area (Å²) in [5.74, 6) is -0.461. The lowest BCUT2D eigenvalue weighted by atomic mass is 9.91. The molecule has 2 aromatic rings. The highest BCUT2D eigenvalue weighted by atomic mass is 16.3. The van der Waals surface area contributed by atoms with Crippen molar-refractivity contribution in [3.05, 3.63) is 65.2 Å². The van der Waals surface area contributed by atoms with Crippen molar-refractivity contribution < 1.29 is 9.90 Å². The molecule has 19 heavy (non-hydrogen) atoms. The molecule has 0 spiro atoms. The molecule has 3 N–H and O–H groups in total. The smallest absolute Gasteiger partial charge is 0.225 e. The normalized spacial score (nSPS) is 12.1. The average Bonchev–Trinajstić information content (AvgIpc) is 2.39. The van der Waals surface area contributed by atoms with Gasteiger partial charge in [-0.05, 0) is 36.6 Å². The van der Waals surface area contributed by atoms with Crippen LogP contribution in [0.2, 0.25) is 0 Å². The molecule has 0 aromatic heterocycles. The zero-order valence-corrected chi connectivity index (χ0v) is 10.8. The summed E-state index contributed by atoms with van der Waals surface area (Å²) in [6.45, 7) is 2.00. The van der Waals surface area contributed by atoms with Crippen molar-refractivity contribution >= 4 is 5.91 Å². The summed E-state index contributed by atoms with van der Waals surface area (Å²) in [6, 6.07) is 14.7. The number of nitrogens with two attached hydrogens (primary N) is 1. The number of hydrogen-bond acceptors (Lipinski definition) is 2.